The summed E-state index contributed by atoms with van der Waals surface area (Å²) in [4.78, 5) is 93.1. The number of ether oxygens (including phenoxy) is 3. The molecule has 4 rings (SSSR count). The maximum Gasteiger partial charge on any atom is 0.411 e. The number of benzene rings is 3. The van der Waals surface area contributed by atoms with Crippen LogP contribution < -0.4 is 25.6 Å². The summed E-state index contributed by atoms with van der Waals surface area (Å²) in [6.45, 7) is 9.83. The molecule has 0 bridgehead atoms. The minimum atomic E-state index is -3.61. The van der Waals surface area contributed by atoms with Gasteiger partial charge in [0.05, 0.1) is 12.8 Å². The molecular weight excluding hydrogens is 958 g/mol. The molecule has 6 amide bonds. The SMILES string of the molecule is C/C(=C\CCP(=O)(N[C@@H](C)C(=O)OCc1ccccc1)Oc1ccccc1)COCN(CCN(C)C)C(=O)OCc1ccc(NC(=O)[C@H](C)NC(=O)[C@@H](NC(=O)CCCCCN2C(=O)C=CC2=O)C(C)C)cc1. The van der Waals surface area contributed by atoms with E-state index in [1.165, 1.54) is 24.0 Å². The van der Waals surface area contributed by atoms with E-state index in [9.17, 15) is 38.1 Å². The van der Waals surface area contributed by atoms with E-state index in [1.807, 2.05) is 68.4 Å². The first-order valence-electron chi connectivity index (χ1n) is 24.5. The summed E-state index contributed by atoms with van der Waals surface area (Å²) >= 11 is 0. The van der Waals surface area contributed by atoms with Crippen LogP contribution in [0.4, 0.5) is 10.5 Å². The first-order valence-corrected chi connectivity index (χ1v) is 26.3. The minimum absolute atomic E-state index is 0.0555. The van der Waals surface area contributed by atoms with E-state index >= 15 is 0 Å². The summed E-state index contributed by atoms with van der Waals surface area (Å²) in [5.74, 6) is -2.43. The normalized spacial score (nSPS) is 14.5. The number of imide groups is 1. The van der Waals surface area contributed by atoms with Crippen molar-refractivity contribution >= 4 is 54.8 Å². The second-order valence-corrected chi connectivity index (χ2v) is 20.6. The smallest absolute Gasteiger partial charge is 0.411 e. The van der Waals surface area contributed by atoms with Crippen molar-refractivity contribution in [2.24, 2.45) is 5.92 Å². The molecule has 4 N–H and O–H groups in total. The number of nitrogens with one attached hydrogen (secondary N) is 4. The summed E-state index contributed by atoms with van der Waals surface area (Å²) in [7, 11) is 0.161. The molecule has 20 heteroatoms. The van der Waals surface area contributed by atoms with Crippen molar-refractivity contribution in [2.75, 3.05) is 58.5 Å². The van der Waals surface area contributed by atoms with Crippen LogP contribution in [0.3, 0.4) is 0 Å². The van der Waals surface area contributed by atoms with Crippen LogP contribution in [0.5, 0.6) is 5.75 Å². The molecule has 1 heterocycles. The number of unbranched alkanes of at least 4 members (excludes halogenated alkanes) is 2. The van der Waals surface area contributed by atoms with E-state index in [1.54, 1.807) is 69.3 Å². The van der Waals surface area contributed by atoms with Crippen LogP contribution >= 0.6 is 7.52 Å². The molecule has 0 saturated heterocycles. The van der Waals surface area contributed by atoms with Crippen molar-refractivity contribution in [2.45, 2.75) is 98.1 Å². The van der Waals surface area contributed by atoms with Gasteiger partial charge < -0.3 is 39.6 Å². The third kappa shape index (κ3) is 21.5. The molecular formula is C53H72N7O12P. The second-order valence-electron chi connectivity index (χ2n) is 18.4. The number of amides is 6. The maximum absolute atomic E-state index is 14.1. The Balaban J connectivity index is 1.21. The zero-order chi connectivity index (χ0) is 53.3. The van der Waals surface area contributed by atoms with E-state index in [0.29, 0.717) is 55.8 Å². The monoisotopic (exact) mass is 1030 g/mol. The first-order chi connectivity index (χ1) is 34.8. The minimum Gasteiger partial charge on any atom is -0.460 e. The van der Waals surface area contributed by atoms with Gasteiger partial charge >= 0.3 is 19.6 Å². The van der Waals surface area contributed by atoms with Crippen LogP contribution in [-0.4, -0.2) is 128 Å². The Hall–Kier alpha value is -6.66. The number of likely N-dealkylation sites (N-methyl/N-ethyl adjacent to an activating group) is 1. The van der Waals surface area contributed by atoms with Gasteiger partial charge in [-0.05, 0) is 95.4 Å². The molecule has 19 nitrogen and oxygen atoms in total. The van der Waals surface area contributed by atoms with Crippen LogP contribution in [0.25, 0.3) is 0 Å². The van der Waals surface area contributed by atoms with Gasteiger partial charge in [0.15, 0.2) is 0 Å². The average molecular weight is 1030 g/mol. The van der Waals surface area contributed by atoms with Crippen molar-refractivity contribution in [3.8, 4) is 5.75 Å². The quantitative estimate of drug-likeness (QED) is 0.0134. The highest BCUT2D eigenvalue weighted by Gasteiger charge is 2.31. The number of hydrogen-bond acceptors (Lipinski definition) is 13. The van der Waals surface area contributed by atoms with Gasteiger partial charge in [-0.25, -0.2) is 9.88 Å². The molecule has 396 valence electrons. The van der Waals surface area contributed by atoms with Crippen molar-refractivity contribution in [1.82, 2.24) is 30.4 Å². The number of allylic oxidation sites excluding steroid dienone is 1. The Kier molecular flexibility index (Phi) is 24.5. The Morgan fingerprint density at radius 2 is 1.37 bits per heavy atom. The van der Waals surface area contributed by atoms with Crippen molar-refractivity contribution in [1.29, 1.82) is 0 Å². The van der Waals surface area contributed by atoms with Crippen LogP contribution in [-0.2, 0) is 60.8 Å². The maximum atomic E-state index is 14.1. The number of carbonyl (C=O) groups is 7. The van der Waals surface area contributed by atoms with E-state index in [2.05, 4.69) is 21.0 Å². The van der Waals surface area contributed by atoms with Crippen LogP contribution in [0.1, 0.15) is 77.8 Å². The fourth-order valence-corrected chi connectivity index (χ4v) is 8.98. The predicted octanol–water partition coefficient (Wildman–Crippen LogP) is 6.56. The Bertz CT molecular complexity index is 2380. The van der Waals surface area contributed by atoms with Gasteiger partial charge in [-0.2, -0.15) is 0 Å². The van der Waals surface area contributed by atoms with E-state index in [0.717, 1.165) is 16.0 Å². The Morgan fingerprint density at radius 3 is 2.01 bits per heavy atom. The van der Waals surface area contributed by atoms with E-state index < -0.39 is 49.5 Å². The van der Waals surface area contributed by atoms with Crippen LogP contribution in [0.15, 0.2) is 109 Å². The molecule has 1 aliphatic heterocycles. The third-order valence-electron chi connectivity index (χ3n) is 11.3. The van der Waals surface area contributed by atoms with Gasteiger partial charge in [-0.15, -0.1) is 0 Å². The first kappa shape index (κ1) is 58.9. The number of nitrogens with zero attached hydrogens (tertiary/aromatic N) is 3. The van der Waals surface area contributed by atoms with Gasteiger partial charge in [0.2, 0.25) is 17.7 Å². The Morgan fingerprint density at radius 1 is 0.740 bits per heavy atom. The standard InChI is InChI=1S/C53H72N7O12P/c1-38(2)49(56-46(61)23-15-10-16-30-60-47(62)28-29-48(60)63)51(65)54-40(4)50(64)55-44-26-24-43(25-27-44)36-71-53(67)59(32-31-58(6)7)37-69-34-39(3)18-17-33-73(68,72-45-21-13-9-14-22-45)57-41(5)52(66)70-35-42-19-11-8-12-20-42/h8-9,11-14,18-22,24-29,38,40-41,49H,10,15-17,23,30-37H2,1-7H3,(H,54,65)(H,55,64)(H,56,61)(H,57,68)/b39-18+/t40-,41-,49-,73?/m0/s1. The molecule has 73 heavy (non-hydrogen) atoms. The zero-order valence-corrected chi connectivity index (χ0v) is 43.9. The number of esters is 1. The largest absolute Gasteiger partial charge is 0.460 e. The lowest BCUT2D eigenvalue weighted by Crippen LogP contribution is -2.53. The summed E-state index contributed by atoms with van der Waals surface area (Å²) in [6.07, 6.45) is 5.98. The zero-order valence-electron chi connectivity index (χ0n) is 43.0. The van der Waals surface area contributed by atoms with Crippen LogP contribution in [0.2, 0.25) is 0 Å². The summed E-state index contributed by atoms with van der Waals surface area (Å²) in [5, 5.41) is 11.1. The molecule has 0 spiro atoms. The van der Waals surface area contributed by atoms with Gasteiger partial charge in [-0.1, -0.05) is 92.6 Å². The number of hydrogen-bond donors (Lipinski definition) is 4. The fraction of sp³-hybridized carbons (Fsp3) is 0.453. The molecule has 0 fully saturated rings. The Labute approximate surface area is 428 Å². The van der Waals surface area contributed by atoms with E-state index in [-0.39, 0.29) is 69.3 Å². The van der Waals surface area contributed by atoms with Crippen LogP contribution in [0, 0.1) is 5.92 Å². The lowest BCUT2D eigenvalue weighted by molar-refractivity contribution is -0.146. The summed E-state index contributed by atoms with van der Waals surface area (Å²) in [5.41, 5.74) is 2.76. The average Bonchev–Trinajstić information content (AvgIpc) is 3.68. The highest BCUT2D eigenvalue weighted by molar-refractivity contribution is 7.57. The molecule has 3 aromatic carbocycles. The molecule has 0 aromatic heterocycles. The molecule has 0 radical (unpaired) electrons. The topological polar surface area (TPSA) is 231 Å². The van der Waals surface area contributed by atoms with Gasteiger partial charge in [0, 0.05) is 43.9 Å². The van der Waals surface area contributed by atoms with Crippen molar-refractivity contribution in [3.63, 3.8) is 0 Å². The van der Waals surface area contributed by atoms with Gasteiger partial charge in [-0.3, -0.25) is 43.1 Å². The van der Waals surface area contributed by atoms with Crippen molar-refractivity contribution < 1.29 is 56.9 Å². The number of anilines is 1. The molecule has 0 aliphatic carbocycles. The molecule has 1 unspecified atom stereocenters. The molecule has 0 saturated carbocycles. The lowest BCUT2D eigenvalue weighted by atomic mass is 10.0. The number of rotatable bonds is 31. The lowest BCUT2D eigenvalue weighted by Gasteiger charge is -2.24. The van der Waals surface area contributed by atoms with E-state index in [4.69, 9.17) is 18.7 Å². The summed E-state index contributed by atoms with van der Waals surface area (Å²) in [6, 6.07) is 22.0. The predicted molar refractivity (Wildman–Crippen MR) is 277 cm³/mol. The van der Waals surface area contributed by atoms with Crippen molar-refractivity contribution in [3.05, 3.63) is 120 Å². The number of carbonyl (C=O) groups excluding carboxylic acids is 7. The number of para-hydroxylation sites is 1. The van der Waals surface area contributed by atoms with Gasteiger partial charge in [0.25, 0.3) is 11.8 Å². The highest BCUT2D eigenvalue weighted by atomic mass is 31.2. The third-order valence-corrected chi connectivity index (χ3v) is 13.5. The molecule has 4 atom stereocenters. The second kappa shape index (κ2) is 30.4. The fourth-order valence-electron chi connectivity index (χ4n) is 7.08. The van der Waals surface area contributed by atoms with Gasteiger partial charge in [0.1, 0.15) is 43.8 Å². The molecule has 1 aliphatic rings. The summed E-state index contributed by atoms with van der Waals surface area (Å²) < 4.78 is 37.1. The highest BCUT2D eigenvalue weighted by Crippen LogP contribution is 2.44. The molecule has 3 aromatic rings.